The predicted octanol–water partition coefficient (Wildman–Crippen LogP) is 5.12. The van der Waals surface area contributed by atoms with E-state index in [2.05, 4.69) is 5.32 Å². The molecule has 2 N–H and O–H groups in total. The summed E-state index contributed by atoms with van der Waals surface area (Å²) in [4.78, 5) is 0. The lowest BCUT2D eigenvalue weighted by Gasteiger charge is -2.20. The van der Waals surface area contributed by atoms with Gasteiger partial charge in [-0.25, -0.2) is 0 Å². The van der Waals surface area contributed by atoms with Crippen LogP contribution >= 0.6 is 11.6 Å². The number of nitrogens with one attached hydrogen (secondary N) is 1. The number of aliphatic hydroxyl groups is 1. The molecule has 0 aliphatic heterocycles. The van der Waals surface area contributed by atoms with Crippen LogP contribution in [0.2, 0.25) is 5.02 Å². The highest BCUT2D eigenvalue weighted by Crippen LogP contribution is 2.27. The summed E-state index contributed by atoms with van der Waals surface area (Å²) in [6.07, 6.45) is -0.563. The van der Waals surface area contributed by atoms with Gasteiger partial charge >= 0.3 is 0 Å². The number of halogens is 1. The van der Waals surface area contributed by atoms with E-state index in [1.165, 1.54) is 0 Å². The molecule has 2 atom stereocenters. The van der Waals surface area contributed by atoms with E-state index < -0.39 is 6.10 Å². The third kappa shape index (κ3) is 4.31. The minimum absolute atomic E-state index is 0.0928. The molecule has 130 valence electrons. The lowest BCUT2D eigenvalue weighted by Crippen LogP contribution is -2.31. The van der Waals surface area contributed by atoms with E-state index in [0.29, 0.717) is 6.54 Å². The third-order valence-corrected chi connectivity index (χ3v) is 4.74. The first kappa shape index (κ1) is 17.7. The Labute approximate surface area is 153 Å². The molecular formula is C21H22ClNO2. The summed E-state index contributed by atoms with van der Waals surface area (Å²) < 4.78 is 5.90. The Morgan fingerprint density at radius 3 is 2.56 bits per heavy atom. The van der Waals surface area contributed by atoms with E-state index >= 15 is 0 Å². The molecule has 2 unspecified atom stereocenters. The van der Waals surface area contributed by atoms with Crippen LogP contribution in [0.15, 0.2) is 65.1 Å². The second-order valence-electron chi connectivity index (χ2n) is 6.26. The van der Waals surface area contributed by atoms with Crippen molar-refractivity contribution in [1.82, 2.24) is 5.32 Å². The van der Waals surface area contributed by atoms with Crippen LogP contribution in [0.4, 0.5) is 0 Å². The van der Waals surface area contributed by atoms with Crippen molar-refractivity contribution in [2.75, 3.05) is 0 Å². The molecule has 0 spiro atoms. The minimum Gasteiger partial charge on any atom is -0.460 e. The normalized spacial score (nSPS) is 13.6. The molecule has 4 heteroatoms. The van der Waals surface area contributed by atoms with Crippen LogP contribution in [0.5, 0.6) is 0 Å². The second kappa shape index (κ2) is 7.87. The Balaban J connectivity index is 1.62. The van der Waals surface area contributed by atoms with Crippen molar-refractivity contribution in [1.29, 1.82) is 0 Å². The van der Waals surface area contributed by atoms with E-state index in [1.54, 1.807) is 0 Å². The summed E-state index contributed by atoms with van der Waals surface area (Å²) in [5.41, 5.74) is 2.90. The lowest BCUT2D eigenvalue weighted by molar-refractivity contribution is 0.134. The van der Waals surface area contributed by atoms with E-state index in [4.69, 9.17) is 16.0 Å². The van der Waals surface area contributed by atoms with E-state index in [0.717, 1.165) is 33.2 Å². The van der Waals surface area contributed by atoms with Gasteiger partial charge in [-0.2, -0.15) is 0 Å². The van der Waals surface area contributed by atoms with Gasteiger partial charge in [0.05, 0.1) is 12.6 Å². The van der Waals surface area contributed by atoms with Crippen molar-refractivity contribution in [2.45, 2.75) is 32.5 Å². The summed E-state index contributed by atoms with van der Waals surface area (Å²) >= 11 is 6.18. The molecule has 3 nitrogen and oxygen atoms in total. The van der Waals surface area contributed by atoms with Gasteiger partial charge in [-0.05, 0) is 43.2 Å². The van der Waals surface area contributed by atoms with Gasteiger partial charge in [0.2, 0.25) is 0 Å². The molecule has 0 saturated carbocycles. The summed E-state index contributed by atoms with van der Waals surface area (Å²) in [5.74, 6) is 1.61. The standard InChI is InChI=1S/C21H22ClNO2/c1-14-8-9-17(12-19(14)22)20-11-10-18(25-20)13-23-15(2)21(24)16-6-4-3-5-7-16/h3-12,15,21,23-24H,13H2,1-2H3. The number of benzene rings is 2. The summed E-state index contributed by atoms with van der Waals surface area (Å²) in [7, 11) is 0. The molecule has 3 rings (SSSR count). The number of rotatable bonds is 6. The zero-order valence-electron chi connectivity index (χ0n) is 14.4. The average Bonchev–Trinajstić information content (AvgIpc) is 3.11. The van der Waals surface area contributed by atoms with Crippen molar-refractivity contribution in [3.63, 3.8) is 0 Å². The van der Waals surface area contributed by atoms with Crippen LogP contribution in [-0.4, -0.2) is 11.1 Å². The Hall–Kier alpha value is -2.07. The van der Waals surface area contributed by atoms with Gasteiger partial charge in [0, 0.05) is 16.6 Å². The monoisotopic (exact) mass is 355 g/mol. The van der Waals surface area contributed by atoms with E-state index in [-0.39, 0.29) is 6.04 Å². The lowest BCUT2D eigenvalue weighted by atomic mass is 10.0. The van der Waals surface area contributed by atoms with Gasteiger partial charge in [0.15, 0.2) is 0 Å². The highest BCUT2D eigenvalue weighted by molar-refractivity contribution is 6.31. The third-order valence-electron chi connectivity index (χ3n) is 4.33. The number of aryl methyl sites for hydroxylation is 1. The molecule has 0 amide bonds. The zero-order valence-corrected chi connectivity index (χ0v) is 15.1. The largest absolute Gasteiger partial charge is 0.460 e. The Morgan fingerprint density at radius 2 is 1.84 bits per heavy atom. The maximum atomic E-state index is 10.4. The number of aliphatic hydroxyl groups excluding tert-OH is 1. The van der Waals surface area contributed by atoms with Crippen molar-refractivity contribution in [3.05, 3.63) is 82.6 Å². The van der Waals surface area contributed by atoms with Crippen molar-refractivity contribution < 1.29 is 9.52 Å². The average molecular weight is 356 g/mol. The molecule has 25 heavy (non-hydrogen) atoms. The smallest absolute Gasteiger partial charge is 0.134 e. The Morgan fingerprint density at radius 1 is 1.08 bits per heavy atom. The fourth-order valence-electron chi connectivity index (χ4n) is 2.69. The quantitative estimate of drug-likeness (QED) is 0.645. The molecule has 1 heterocycles. The highest BCUT2D eigenvalue weighted by atomic mass is 35.5. The van der Waals surface area contributed by atoms with Crippen molar-refractivity contribution in [3.8, 4) is 11.3 Å². The van der Waals surface area contributed by atoms with Crippen molar-refractivity contribution in [2.24, 2.45) is 0 Å². The van der Waals surface area contributed by atoms with Gasteiger partial charge in [-0.15, -0.1) is 0 Å². The molecule has 0 aliphatic rings. The molecule has 0 saturated heterocycles. The maximum Gasteiger partial charge on any atom is 0.134 e. The van der Waals surface area contributed by atoms with Gasteiger partial charge in [-0.3, -0.25) is 0 Å². The topological polar surface area (TPSA) is 45.4 Å². The van der Waals surface area contributed by atoms with Gasteiger partial charge in [0.1, 0.15) is 11.5 Å². The van der Waals surface area contributed by atoms with Crippen LogP contribution in [0, 0.1) is 6.92 Å². The molecule has 0 radical (unpaired) electrons. The number of hydrogen-bond acceptors (Lipinski definition) is 3. The molecular weight excluding hydrogens is 334 g/mol. The zero-order chi connectivity index (χ0) is 17.8. The first-order chi connectivity index (χ1) is 12.0. The molecule has 0 bridgehead atoms. The van der Waals surface area contributed by atoms with Gasteiger partial charge < -0.3 is 14.8 Å². The fraction of sp³-hybridized carbons (Fsp3) is 0.238. The van der Waals surface area contributed by atoms with Crippen molar-refractivity contribution >= 4 is 11.6 Å². The predicted molar refractivity (Wildman–Crippen MR) is 102 cm³/mol. The van der Waals surface area contributed by atoms with Crippen LogP contribution < -0.4 is 5.32 Å². The van der Waals surface area contributed by atoms with Crippen LogP contribution in [0.1, 0.15) is 29.9 Å². The Kier molecular flexibility index (Phi) is 5.59. The summed E-state index contributed by atoms with van der Waals surface area (Å²) in [6.45, 7) is 4.48. The number of hydrogen-bond donors (Lipinski definition) is 2. The minimum atomic E-state index is -0.563. The molecule has 3 aromatic rings. The summed E-state index contributed by atoms with van der Waals surface area (Å²) in [5, 5.41) is 14.4. The summed E-state index contributed by atoms with van der Waals surface area (Å²) in [6, 6.07) is 19.3. The fourth-order valence-corrected chi connectivity index (χ4v) is 2.87. The van der Waals surface area contributed by atoms with E-state index in [9.17, 15) is 5.11 Å². The first-order valence-electron chi connectivity index (χ1n) is 8.36. The second-order valence-corrected chi connectivity index (χ2v) is 6.66. The first-order valence-corrected chi connectivity index (χ1v) is 8.74. The maximum absolute atomic E-state index is 10.4. The van der Waals surface area contributed by atoms with Crippen LogP contribution in [0.3, 0.4) is 0 Å². The number of furan rings is 1. The molecule has 2 aromatic carbocycles. The highest BCUT2D eigenvalue weighted by Gasteiger charge is 2.16. The van der Waals surface area contributed by atoms with Gasteiger partial charge in [0.25, 0.3) is 0 Å². The van der Waals surface area contributed by atoms with Gasteiger partial charge in [-0.1, -0.05) is 54.1 Å². The molecule has 0 aliphatic carbocycles. The molecule has 0 fully saturated rings. The van der Waals surface area contributed by atoms with Crippen LogP contribution in [-0.2, 0) is 6.54 Å². The van der Waals surface area contributed by atoms with E-state index in [1.807, 2.05) is 74.5 Å². The SMILES string of the molecule is Cc1ccc(-c2ccc(CNC(C)C(O)c3ccccc3)o2)cc1Cl. The molecule has 1 aromatic heterocycles. The Bertz CT molecular complexity index is 829. The van der Waals surface area contributed by atoms with Crippen LogP contribution in [0.25, 0.3) is 11.3 Å².